The first-order valence-electron chi connectivity index (χ1n) is 7.05. The summed E-state index contributed by atoms with van der Waals surface area (Å²) in [5.74, 6) is -1.55. The molecular formula is C15H18F3NO2. The summed E-state index contributed by atoms with van der Waals surface area (Å²) >= 11 is 0. The molecule has 1 aromatic rings. The molecule has 21 heavy (non-hydrogen) atoms. The van der Waals surface area contributed by atoms with Crippen LogP contribution < -0.4 is 4.90 Å². The molecule has 3 nitrogen and oxygen atoms in total. The summed E-state index contributed by atoms with van der Waals surface area (Å²) < 4.78 is 38.5. The fourth-order valence-electron chi connectivity index (χ4n) is 2.37. The first-order chi connectivity index (χ1) is 9.84. The second-order valence-corrected chi connectivity index (χ2v) is 5.31. The summed E-state index contributed by atoms with van der Waals surface area (Å²) in [4.78, 5) is 13.1. The van der Waals surface area contributed by atoms with Gasteiger partial charge >= 0.3 is 12.1 Å². The van der Waals surface area contributed by atoms with Gasteiger partial charge in [-0.2, -0.15) is 13.2 Å². The zero-order chi connectivity index (χ0) is 15.6. The second-order valence-electron chi connectivity index (χ2n) is 5.31. The number of aromatic carboxylic acids is 1. The van der Waals surface area contributed by atoms with E-state index >= 15 is 0 Å². The number of carboxylic acids is 1. The van der Waals surface area contributed by atoms with Gasteiger partial charge in [-0.1, -0.05) is 13.3 Å². The van der Waals surface area contributed by atoms with E-state index in [4.69, 9.17) is 5.11 Å². The third-order valence-electron chi connectivity index (χ3n) is 3.61. The molecule has 1 N–H and O–H groups in total. The molecule has 2 rings (SSSR count). The highest BCUT2D eigenvalue weighted by Gasteiger charge is 2.36. The number of carboxylic acid groups (broad SMARTS) is 1. The molecule has 0 unspecified atom stereocenters. The normalized spacial score (nSPS) is 15.0. The zero-order valence-electron chi connectivity index (χ0n) is 11.8. The molecule has 1 aromatic carbocycles. The van der Waals surface area contributed by atoms with Gasteiger partial charge in [-0.15, -0.1) is 0 Å². The van der Waals surface area contributed by atoms with Crippen molar-refractivity contribution < 1.29 is 23.1 Å². The number of hydrogen-bond donors (Lipinski definition) is 1. The lowest BCUT2D eigenvalue weighted by atomic mass is 10.1. The third-order valence-corrected chi connectivity index (χ3v) is 3.61. The Bertz CT molecular complexity index is 524. The smallest absolute Gasteiger partial charge is 0.417 e. The van der Waals surface area contributed by atoms with Crippen LogP contribution in [0.25, 0.3) is 0 Å². The number of halogens is 3. The Morgan fingerprint density at radius 2 is 2.05 bits per heavy atom. The van der Waals surface area contributed by atoms with Gasteiger partial charge in [0, 0.05) is 18.3 Å². The standard InChI is InChI=1S/C15H18F3NO2/c1-2-3-8-19(10-4-5-10)11-6-7-13(15(16,17)18)12(9-11)14(20)21/h6-7,9-10H,2-5,8H2,1H3,(H,20,21). The van der Waals surface area contributed by atoms with Gasteiger partial charge in [0.05, 0.1) is 11.1 Å². The number of anilines is 1. The molecule has 0 spiro atoms. The molecule has 0 radical (unpaired) electrons. The van der Waals surface area contributed by atoms with Gasteiger partial charge in [0.15, 0.2) is 0 Å². The highest BCUT2D eigenvalue weighted by atomic mass is 19.4. The first kappa shape index (κ1) is 15.7. The largest absolute Gasteiger partial charge is 0.478 e. The fraction of sp³-hybridized carbons (Fsp3) is 0.533. The van der Waals surface area contributed by atoms with Crippen LogP contribution in [0.15, 0.2) is 18.2 Å². The minimum atomic E-state index is -4.65. The van der Waals surface area contributed by atoms with Crippen LogP contribution in [-0.4, -0.2) is 23.7 Å². The molecule has 1 aliphatic rings. The van der Waals surface area contributed by atoms with E-state index in [0.29, 0.717) is 11.7 Å². The summed E-state index contributed by atoms with van der Waals surface area (Å²) in [6.45, 7) is 2.78. The minimum Gasteiger partial charge on any atom is -0.478 e. The first-order valence-corrected chi connectivity index (χ1v) is 7.05. The molecule has 0 saturated heterocycles. The summed E-state index contributed by atoms with van der Waals surface area (Å²) in [6.07, 6.45) is -0.726. The lowest BCUT2D eigenvalue weighted by Gasteiger charge is -2.25. The summed E-state index contributed by atoms with van der Waals surface area (Å²) in [7, 11) is 0. The summed E-state index contributed by atoms with van der Waals surface area (Å²) in [6, 6.07) is 3.73. The van der Waals surface area contributed by atoms with E-state index in [-0.39, 0.29) is 0 Å². The average Bonchev–Trinajstić information content (AvgIpc) is 3.22. The molecule has 1 saturated carbocycles. The van der Waals surface area contributed by atoms with Crippen molar-refractivity contribution in [3.63, 3.8) is 0 Å². The predicted molar refractivity (Wildman–Crippen MR) is 73.7 cm³/mol. The number of unbranched alkanes of at least 4 members (excludes halogenated alkanes) is 1. The van der Waals surface area contributed by atoms with Crippen LogP contribution in [0, 0.1) is 0 Å². The van der Waals surface area contributed by atoms with E-state index in [0.717, 1.165) is 44.4 Å². The molecule has 0 heterocycles. The Hall–Kier alpha value is -1.72. The molecule has 1 fully saturated rings. The molecule has 0 bridgehead atoms. The Morgan fingerprint density at radius 3 is 2.52 bits per heavy atom. The van der Waals surface area contributed by atoms with Crippen LogP contribution in [0.5, 0.6) is 0 Å². The van der Waals surface area contributed by atoms with Crippen molar-refractivity contribution in [2.45, 2.75) is 44.8 Å². The van der Waals surface area contributed by atoms with E-state index in [1.165, 1.54) is 6.07 Å². The molecule has 0 aliphatic heterocycles. The van der Waals surface area contributed by atoms with E-state index < -0.39 is 23.3 Å². The van der Waals surface area contributed by atoms with E-state index in [1.807, 2.05) is 11.8 Å². The van der Waals surface area contributed by atoms with Gasteiger partial charge in [0.25, 0.3) is 0 Å². The second kappa shape index (κ2) is 5.95. The van der Waals surface area contributed by atoms with Crippen LogP contribution in [0.4, 0.5) is 18.9 Å². The third kappa shape index (κ3) is 3.68. The van der Waals surface area contributed by atoms with Gasteiger partial charge in [-0.05, 0) is 37.5 Å². The Labute approximate surface area is 121 Å². The van der Waals surface area contributed by atoms with Gasteiger partial charge in [-0.25, -0.2) is 4.79 Å². The van der Waals surface area contributed by atoms with Crippen molar-refractivity contribution in [3.05, 3.63) is 29.3 Å². The molecular weight excluding hydrogens is 283 g/mol. The van der Waals surface area contributed by atoms with Crippen LogP contribution in [0.1, 0.15) is 48.5 Å². The number of carbonyl (C=O) groups is 1. The number of rotatable bonds is 6. The van der Waals surface area contributed by atoms with Crippen LogP contribution >= 0.6 is 0 Å². The van der Waals surface area contributed by atoms with Crippen molar-refractivity contribution in [2.24, 2.45) is 0 Å². The van der Waals surface area contributed by atoms with E-state index in [2.05, 4.69) is 0 Å². The quantitative estimate of drug-likeness (QED) is 0.857. The zero-order valence-corrected chi connectivity index (χ0v) is 11.8. The molecule has 1 aliphatic carbocycles. The van der Waals surface area contributed by atoms with Crippen molar-refractivity contribution >= 4 is 11.7 Å². The maximum Gasteiger partial charge on any atom is 0.417 e. The highest BCUT2D eigenvalue weighted by molar-refractivity contribution is 5.91. The maximum atomic E-state index is 12.8. The van der Waals surface area contributed by atoms with Crippen LogP contribution in [-0.2, 0) is 6.18 Å². The molecule has 6 heteroatoms. The van der Waals surface area contributed by atoms with E-state index in [9.17, 15) is 18.0 Å². The Kier molecular flexibility index (Phi) is 4.44. The molecule has 0 aromatic heterocycles. The van der Waals surface area contributed by atoms with Gasteiger partial charge in [0.1, 0.15) is 0 Å². The number of nitrogens with zero attached hydrogens (tertiary/aromatic N) is 1. The Morgan fingerprint density at radius 1 is 1.38 bits per heavy atom. The van der Waals surface area contributed by atoms with Crippen molar-refractivity contribution in [1.29, 1.82) is 0 Å². The Balaban J connectivity index is 2.36. The monoisotopic (exact) mass is 301 g/mol. The predicted octanol–water partition coefficient (Wildman–Crippen LogP) is 4.17. The minimum absolute atomic E-state index is 0.329. The van der Waals surface area contributed by atoms with Crippen molar-refractivity contribution in [2.75, 3.05) is 11.4 Å². The fourth-order valence-corrected chi connectivity index (χ4v) is 2.37. The van der Waals surface area contributed by atoms with Crippen LogP contribution in [0.2, 0.25) is 0 Å². The molecule has 0 amide bonds. The van der Waals surface area contributed by atoms with E-state index in [1.54, 1.807) is 0 Å². The highest BCUT2D eigenvalue weighted by Crippen LogP contribution is 2.37. The SMILES string of the molecule is CCCCN(c1ccc(C(F)(F)F)c(C(=O)O)c1)C1CC1. The lowest BCUT2D eigenvalue weighted by Crippen LogP contribution is -2.27. The number of benzene rings is 1. The van der Waals surface area contributed by atoms with Crippen molar-refractivity contribution in [3.8, 4) is 0 Å². The number of hydrogen-bond acceptors (Lipinski definition) is 2. The van der Waals surface area contributed by atoms with Crippen LogP contribution in [0.3, 0.4) is 0 Å². The maximum absolute atomic E-state index is 12.8. The van der Waals surface area contributed by atoms with Gasteiger partial charge < -0.3 is 10.0 Å². The molecule has 0 atom stereocenters. The summed E-state index contributed by atoms with van der Waals surface area (Å²) in [5, 5.41) is 9.05. The van der Waals surface area contributed by atoms with Crippen molar-refractivity contribution in [1.82, 2.24) is 0 Å². The number of alkyl halides is 3. The average molecular weight is 301 g/mol. The van der Waals surface area contributed by atoms with Gasteiger partial charge in [-0.3, -0.25) is 0 Å². The molecule has 116 valence electrons. The van der Waals surface area contributed by atoms with Gasteiger partial charge in [0.2, 0.25) is 0 Å². The topological polar surface area (TPSA) is 40.5 Å². The lowest BCUT2D eigenvalue weighted by molar-refractivity contribution is -0.138. The summed E-state index contributed by atoms with van der Waals surface area (Å²) in [5.41, 5.74) is -1.21.